The van der Waals surface area contributed by atoms with Gasteiger partial charge in [0.05, 0.1) is 6.04 Å². The molecule has 4 heteroatoms. The average Bonchev–Trinajstić information content (AvgIpc) is 2.32. The van der Waals surface area contributed by atoms with E-state index in [9.17, 15) is 4.79 Å². The molecular formula is C7H13N3O. The van der Waals surface area contributed by atoms with Crippen LogP contribution in [0.4, 0.5) is 0 Å². The van der Waals surface area contributed by atoms with Crippen molar-refractivity contribution in [2.75, 3.05) is 13.2 Å². The zero-order valence-corrected chi connectivity index (χ0v) is 6.42. The van der Waals surface area contributed by atoms with E-state index in [1.807, 2.05) is 0 Å². The Labute approximate surface area is 65.7 Å². The molecule has 2 bridgehead atoms. The van der Waals surface area contributed by atoms with Crippen molar-refractivity contribution in [1.29, 1.82) is 0 Å². The fourth-order valence-electron chi connectivity index (χ4n) is 1.95. The van der Waals surface area contributed by atoms with Crippen molar-refractivity contribution in [3.05, 3.63) is 0 Å². The van der Waals surface area contributed by atoms with Crippen LogP contribution in [0.25, 0.3) is 0 Å². The number of primary amides is 1. The molecule has 2 rings (SSSR count). The summed E-state index contributed by atoms with van der Waals surface area (Å²) in [7, 11) is 0. The van der Waals surface area contributed by atoms with Gasteiger partial charge in [0.25, 0.3) is 0 Å². The second-order valence-corrected chi connectivity index (χ2v) is 3.33. The molecule has 3 N–H and O–H groups in total. The summed E-state index contributed by atoms with van der Waals surface area (Å²) in [6.07, 6.45) is 2.01. The molecule has 2 aliphatic heterocycles. The third-order valence-electron chi connectivity index (χ3n) is 2.60. The van der Waals surface area contributed by atoms with Gasteiger partial charge in [-0.2, -0.15) is 0 Å². The molecule has 11 heavy (non-hydrogen) atoms. The first-order valence-corrected chi connectivity index (χ1v) is 4.04. The fourth-order valence-corrected chi connectivity index (χ4v) is 1.95. The number of piperidine rings is 1. The Morgan fingerprint density at radius 1 is 1.55 bits per heavy atom. The molecule has 0 aliphatic carbocycles. The van der Waals surface area contributed by atoms with E-state index in [2.05, 4.69) is 10.2 Å². The van der Waals surface area contributed by atoms with Crippen molar-refractivity contribution >= 4 is 5.91 Å². The van der Waals surface area contributed by atoms with Gasteiger partial charge in [0.1, 0.15) is 0 Å². The molecule has 2 fully saturated rings. The van der Waals surface area contributed by atoms with Crippen LogP contribution in [-0.2, 0) is 4.79 Å². The summed E-state index contributed by atoms with van der Waals surface area (Å²) in [5, 5.41) is 3.32. The van der Waals surface area contributed by atoms with Gasteiger partial charge >= 0.3 is 0 Å². The molecule has 0 aromatic carbocycles. The van der Waals surface area contributed by atoms with Crippen LogP contribution in [0.5, 0.6) is 0 Å². The first-order chi connectivity index (χ1) is 5.27. The summed E-state index contributed by atoms with van der Waals surface area (Å²) in [6, 6.07) is 0.590. The lowest BCUT2D eigenvalue weighted by Crippen LogP contribution is -2.46. The van der Waals surface area contributed by atoms with E-state index in [4.69, 9.17) is 5.73 Å². The maximum atomic E-state index is 10.9. The van der Waals surface area contributed by atoms with Crippen LogP contribution in [-0.4, -0.2) is 36.1 Å². The Morgan fingerprint density at radius 3 is 3.09 bits per heavy atom. The van der Waals surface area contributed by atoms with Gasteiger partial charge in [0.2, 0.25) is 5.91 Å². The molecule has 62 valence electrons. The fraction of sp³-hybridized carbons (Fsp3) is 0.857. The van der Waals surface area contributed by atoms with Gasteiger partial charge in [-0.3, -0.25) is 9.69 Å². The number of hydrogen-bond donors (Lipinski definition) is 2. The van der Waals surface area contributed by atoms with Gasteiger partial charge in [-0.25, -0.2) is 0 Å². The van der Waals surface area contributed by atoms with E-state index in [1.54, 1.807) is 0 Å². The van der Waals surface area contributed by atoms with E-state index in [-0.39, 0.29) is 11.9 Å². The van der Waals surface area contributed by atoms with Crippen molar-refractivity contribution in [2.45, 2.75) is 24.9 Å². The van der Waals surface area contributed by atoms with E-state index in [0.29, 0.717) is 6.04 Å². The highest BCUT2D eigenvalue weighted by molar-refractivity contribution is 5.80. The third-order valence-corrected chi connectivity index (χ3v) is 2.60. The molecule has 2 heterocycles. The second kappa shape index (κ2) is 2.46. The quantitative estimate of drug-likeness (QED) is 0.503. The number of amides is 1. The van der Waals surface area contributed by atoms with Crippen LogP contribution in [0.1, 0.15) is 12.8 Å². The molecule has 2 saturated heterocycles. The minimum atomic E-state index is -0.174. The molecular weight excluding hydrogens is 142 g/mol. The first-order valence-electron chi connectivity index (χ1n) is 4.04. The Balaban J connectivity index is 2.07. The van der Waals surface area contributed by atoms with Gasteiger partial charge in [0, 0.05) is 19.3 Å². The van der Waals surface area contributed by atoms with E-state index in [1.165, 1.54) is 0 Å². The van der Waals surface area contributed by atoms with Gasteiger partial charge in [-0.05, 0) is 12.8 Å². The van der Waals surface area contributed by atoms with Crippen molar-refractivity contribution in [2.24, 2.45) is 5.73 Å². The second-order valence-electron chi connectivity index (χ2n) is 3.33. The molecule has 1 amide bonds. The number of nitrogens with two attached hydrogens (primary N) is 1. The summed E-state index contributed by atoms with van der Waals surface area (Å²) in [5.74, 6) is -0.174. The van der Waals surface area contributed by atoms with E-state index >= 15 is 0 Å². The normalized spacial score (nSPS) is 42.4. The molecule has 0 aromatic rings. The summed E-state index contributed by atoms with van der Waals surface area (Å²) in [6.45, 7) is 1.83. The minimum Gasteiger partial charge on any atom is -0.368 e. The molecule has 0 spiro atoms. The number of nitrogens with one attached hydrogen (secondary N) is 1. The van der Waals surface area contributed by atoms with Crippen LogP contribution < -0.4 is 11.1 Å². The van der Waals surface area contributed by atoms with Crippen LogP contribution in [0.15, 0.2) is 0 Å². The topological polar surface area (TPSA) is 58.4 Å². The van der Waals surface area contributed by atoms with E-state index in [0.717, 1.165) is 26.1 Å². The summed E-state index contributed by atoms with van der Waals surface area (Å²) >= 11 is 0. The predicted molar refractivity (Wildman–Crippen MR) is 40.7 cm³/mol. The monoisotopic (exact) mass is 155 g/mol. The van der Waals surface area contributed by atoms with Gasteiger partial charge in [-0.15, -0.1) is 0 Å². The van der Waals surface area contributed by atoms with Crippen molar-refractivity contribution < 1.29 is 4.79 Å². The standard InChI is InChI=1S/C7H13N3O/c8-7(11)6-2-1-5-3-10(6)4-9-5/h5-6,9H,1-4H2,(H2,8,11). The number of carbonyl (C=O) groups excluding carboxylic acids is 1. The highest BCUT2D eigenvalue weighted by Crippen LogP contribution is 2.20. The molecule has 3 unspecified atom stereocenters. The minimum absolute atomic E-state index is 0.0127. The Bertz CT molecular complexity index is 183. The lowest BCUT2D eigenvalue weighted by atomic mass is 10.0. The Morgan fingerprint density at radius 2 is 2.36 bits per heavy atom. The van der Waals surface area contributed by atoms with E-state index < -0.39 is 0 Å². The zero-order valence-electron chi connectivity index (χ0n) is 6.42. The molecule has 4 nitrogen and oxygen atoms in total. The maximum absolute atomic E-state index is 10.9. The number of fused-ring (bicyclic) bond motifs is 2. The third kappa shape index (κ3) is 1.12. The largest absolute Gasteiger partial charge is 0.368 e. The first kappa shape index (κ1) is 7.06. The highest BCUT2D eigenvalue weighted by Gasteiger charge is 2.35. The lowest BCUT2D eigenvalue weighted by Gasteiger charge is -2.28. The van der Waals surface area contributed by atoms with Crippen LogP contribution in [0.3, 0.4) is 0 Å². The Hall–Kier alpha value is -0.610. The number of carbonyl (C=O) groups is 1. The molecule has 0 radical (unpaired) electrons. The SMILES string of the molecule is NC(=O)C1CCC2CN1CN2. The summed E-state index contributed by atoms with van der Waals surface area (Å²) in [5.41, 5.74) is 5.24. The predicted octanol–water partition coefficient (Wildman–Crippen LogP) is -1.13. The smallest absolute Gasteiger partial charge is 0.234 e. The van der Waals surface area contributed by atoms with Crippen LogP contribution >= 0.6 is 0 Å². The summed E-state index contributed by atoms with van der Waals surface area (Å²) < 4.78 is 0. The molecule has 3 atom stereocenters. The Kier molecular flexibility index (Phi) is 1.58. The molecule has 2 aliphatic rings. The molecule has 0 saturated carbocycles. The lowest BCUT2D eigenvalue weighted by molar-refractivity contribution is -0.123. The average molecular weight is 155 g/mol. The van der Waals surface area contributed by atoms with Crippen molar-refractivity contribution in [3.8, 4) is 0 Å². The highest BCUT2D eigenvalue weighted by atomic mass is 16.1. The number of nitrogens with zero attached hydrogens (tertiary/aromatic N) is 1. The van der Waals surface area contributed by atoms with Crippen LogP contribution in [0, 0.1) is 0 Å². The number of hydrogen-bond acceptors (Lipinski definition) is 3. The molecule has 0 aromatic heterocycles. The van der Waals surface area contributed by atoms with Crippen LogP contribution in [0.2, 0.25) is 0 Å². The van der Waals surface area contributed by atoms with Crippen molar-refractivity contribution in [3.63, 3.8) is 0 Å². The van der Waals surface area contributed by atoms with Gasteiger partial charge < -0.3 is 11.1 Å². The maximum Gasteiger partial charge on any atom is 0.234 e. The zero-order chi connectivity index (χ0) is 7.84. The van der Waals surface area contributed by atoms with Gasteiger partial charge in [-0.1, -0.05) is 0 Å². The van der Waals surface area contributed by atoms with Gasteiger partial charge in [0.15, 0.2) is 0 Å². The van der Waals surface area contributed by atoms with Crippen molar-refractivity contribution in [1.82, 2.24) is 10.2 Å². The number of rotatable bonds is 1. The summed E-state index contributed by atoms with van der Waals surface area (Å²) in [4.78, 5) is 13.0.